The Hall–Kier alpha value is -1.15. The molecule has 18 heavy (non-hydrogen) atoms. The molecule has 0 heterocycles. The van der Waals surface area contributed by atoms with Gasteiger partial charge in [0.15, 0.2) is 0 Å². The van der Waals surface area contributed by atoms with Crippen LogP contribution in [0.4, 0.5) is 0 Å². The molecule has 1 amide bonds. The topological polar surface area (TPSA) is 118 Å². The Bertz CT molecular complexity index is 430. The second kappa shape index (κ2) is 5.66. The van der Waals surface area contributed by atoms with E-state index in [-0.39, 0.29) is 12.2 Å². The van der Waals surface area contributed by atoms with Crippen LogP contribution in [0.5, 0.6) is 0 Å². The molecule has 0 fully saturated rings. The van der Waals surface area contributed by atoms with E-state index in [1.165, 1.54) is 20.9 Å². The van der Waals surface area contributed by atoms with Crippen molar-refractivity contribution < 1.29 is 23.1 Å². The van der Waals surface area contributed by atoms with Crippen molar-refractivity contribution in [1.29, 1.82) is 0 Å². The predicted octanol–water partition coefficient (Wildman–Crippen LogP) is -0.930. The van der Waals surface area contributed by atoms with Crippen LogP contribution in [0, 0.1) is 0 Å². The van der Waals surface area contributed by atoms with Crippen molar-refractivity contribution in [2.24, 2.45) is 5.73 Å². The number of hydrogen-bond donors (Lipinski definition) is 2. The maximum Gasteiger partial charge on any atom is 0.329 e. The maximum atomic E-state index is 11.9. The number of aliphatic carboxylic acids is 1. The third-order valence-corrected chi connectivity index (χ3v) is 3.79. The average Bonchev–Trinajstić information content (AvgIpc) is 2.22. The molecule has 1 atom stereocenters. The van der Waals surface area contributed by atoms with Gasteiger partial charge in [-0.1, -0.05) is 0 Å². The second-order valence-corrected chi connectivity index (χ2v) is 7.05. The third-order valence-electron chi connectivity index (χ3n) is 2.81. The Morgan fingerprint density at radius 3 is 2.17 bits per heavy atom. The number of rotatable bonds is 6. The third kappa shape index (κ3) is 4.61. The van der Waals surface area contributed by atoms with E-state index in [0.717, 1.165) is 11.2 Å². The van der Waals surface area contributed by atoms with E-state index in [2.05, 4.69) is 0 Å². The number of carboxylic acid groups (broad SMARTS) is 1. The minimum Gasteiger partial charge on any atom is -0.480 e. The molecule has 0 aromatic carbocycles. The Labute approximate surface area is 107 Å². The molecule has 8 heteroatoms. The Morgan fingerprint density at radius 2 is 1.83 bits per heavy atom. The second-order valence-electron chi connectivity index (χ2n) is 4.79. The summed E-state index contributed by atoms with van der Waals surface area (Å²) < 4.78 is 21.9. The number of hydrogen-bond acceptors (Lipinski definition) is 5. The molecule has 3 N–H and O–H groups in total. The molecule has 0 aliphatic heterocycles. The first-order valence-electron chi connectivity index (χ1n) is 5.34. The molecule has 7 nitrogen and oxygen atoms in total. The van der Waals surface area contributed by atoms with Crippen LogP contribution in [0.1, 0.15) is 20.3 Å². The highest BCUT2D eigenvalue weighted by Gasteiger charge is 2.36. The molecule has 106 valence electrons. The van der Waals surface area contributed by atoms with Gasteiger partial charge in [-0.25, -0.2) is 13.2 Å². The molecule has 0 radical (unpaired) electrons. The lowest BCUT2D eigenvalue weighted by atomic mass is 10.0. The van der Waals surface area contributed by atoms with Crippen LogP contribution in [0.15, 0.2) is 0 Å². The summed E-state index contributed by atoms with van der Waals surface area (Å²) >= 11 is 0. The highest BCUT2D eigenvalue weighted by atomic mass is 32.2. The molecular weight excluding hydrogens is 260 g/mol. The summed E-state index contributed by atoms with van der Waals surface area (Å²) in [5, 5.41) is 8.97. The molecule has 0 aromatic heterocycles. The number of likely N-dealkylation sites (N-methyl/N-ethyl adjacent to an activating group) is 1. The van der Waals surface area contributed by atoms with E-state index < -0.39 is 33.3 Å². The predicted molar refractivity (Wildman–Crippen MR) is 66.8 cm³/mol. The lowest BCUT2D eigenvalue weighted by molar-refractivity contribution is -0.155. The van der Waals surface area contributed by atoms with Gasteiger partial charge in [-0.3, -0.25) is 4.79 Å². The van der Waals surface area contributed by atoms with E-state index in [4.69, 9.17) is 10.8 Å². The van der Waals surface area contributed by atoms with Crippen LogP contribution in [0.25, 0.3) is 0 Å². The lowest BCUT2D eigenvalue weighted by Crippen LogP contribution is -2.55. The lowest BCUT2D eigenvalue weighted by Gasteiger charge is -2.33. The quantitative estimate of drug-likeness (QED) is 0.649. The number of carboxylic acids is 1. The van der Waals surface area contributed by atoms with Gasteiger partial charge in [0, 0.05) is 13.3 Å². The van der Waals surface area contributed by atoms with Gasteiger partial charge in [0.25, 0.3) is 0 Å². The fraction of sp³-hybridized carbons (Fsp3) is 0.800. The number of nitrogens with zero attached hydrogens (tertiary/aromatic N) is 1. The van der Waals surface area contributed by atoms with Gasteiger partial charge in [0.2, 0.25) is 5.91 Å². The van der Waals surface area contributed by atoms with Crippen LogP contribution in [0.2, 0.25) is 0 Å². The molecule has 0 saturated heterocycles. The number of nitrogens with two attached hydrogens (primary N) is 1. The van der Waals surface area contributed by atoms with Crippen molar-refractivity contribution in [3.63, 3.8) is 0 Å². The summed E-state index contributed by atoms with van der Waals surface area (Å²) in [5.74, 6) is -1.96. The highest BCUT2D eigenvalue weighted by Crippen LogP contribution is 2.14. The summed E-state index contributed by atoms with van der Waals surface area (Å²) in [5.41, 5.74) is 4.18. The molecule has 0 spiro atoms. The maximum absolute atomic E-state index is 11.9. The normalized spacial score (nSPS) is 14.1. The van der Waals surface area contributed by atoms with Crippen molar-refractivity contribution in [3.8, 4) is 0 Å². The number of sulfone groups is 1. The zero-order chi connectivity index (χ0) is 14.7. The van der Waals surface area contributed by atoms with Gasteiger partial charge >= 0.3 is 5.97 Å². The van der Waals surface area contributed by atoms with Crippen molar-refractivity contribution in [3.05, 3.63) is 0 Å². The Kier molecular flexibility index (Phi) is 5.30. The zero-order valence-electron chi connectivity index (χ0n) is 11.0. The van der Waals surface area contributed by atoms with Crippen LogP contribution >= 0.6 is 0 Å². The summed E-state index contributed by atoms with van der Waals surface area (Å²) in [6, 6.07) is -1.02. The first-order valence-corrected chi connectivity index (χ1v) is 7.40. The molecule has 0 aromatic rings. The standard InChI is InChI=1S/C10H20N2O5S/c1-10(2,9(14)15)12(3)8(13)7(11)5-6-18(4,16)17/h7H,5-6,11H2,1-4H3,(H,14,15). The van der Waals surface area contributed by atoms with Crippen LogP contribution in [0.3, 0.4) is 0 Å². The highest BCUT2D eigenvalue weighted by molar-refractivity contribution is 7.90. The molecule has 0 bridgehead atoms. The summed E-state index contributed by atoms with van der Waals surface area (Å²) in [6.45, 7) is 2.74. The van der Waals surface area contributed by atoms with Gasteiger partial charge in [-0.2, -0.15) is 0 Å². The van der Waals surface area contributed by atoms with Crippen molar-refractivity contribution in [2.45, 2.75) is 31.8 Å². The van der Waals surface area contributed by atoms with Crippen molar-refractivity contribution >= 4 is 21.7 Å². The summed E-state index contributed by atoms with van der Waals surface area (Å²) in [4.78, 5) is 23.8. The first kappa shape index (κ1) is 16.9. The van der Waals surface area contributed by atoms with Gasteiger partial charge in [-0.05, 0) is 20.3 Å². The summed E-state index contributed by atoms with van der Waals surface area (Å²) in [6.07, 6.45) is 1.02. The fourth-order valence-corrected chi connectivity index (χ4v) is 1.81. The molecule has 0 rings (SSSR count). The van der Waals surface area contributed by atoms with Crippen molar-refractivity contribution in [2.75, 3.05) is 19.1 Å². The molecule has 1 unspecified atom stereocenters. The smallest absolute Gasteiger partial charge is 0.329 e. The van der Waals surface area contributed by atoms with E-state index in [1.54, 1.807) is 0 Å². The van der Waals surface area contributed by atoms with E-state index in [1.807, 2.05) is 0 Å². The fourth-order valence-electron chi connectivity index (χ4n) is 1.13. The molecule has 0 saturated carbocycles. The van der Waals surface area contributed by atoms with Gasteiger partial charge in [-0.15, -0.1) is 0 Å². The summed E-state index contributed by atoms with van der Waals surface area (Å²) in [7, 11) is -1.87. The molecule has 0 aliphatic carbocycles. The minimum absolute atomic E-state index is 0.0301. The number of carbonyl (C=O) groups excluding carboxylic acids is 1. The number of carbonyl (C=O) groups is 2. The van der Waals surface area contributed by atoms with E-state index in [0.29, 0.717) is 0 Å². The Balaban J connectivity index is 4.70. The monoisotopic (exact) mass is 280 g/mol. The van der Waals surface area contributed by atoms with Gasteiger partial charge in [0.05, 0.1) is 11.8 Å². The van der Waals surface area contributed by atoms with Crippen molar-refractivity contribution in [1.82, 2.24) is 4.90 Å². The van der Waals surface area contributed by atoms with Crippen LogP contribution < -0.4 is 5.73 Å². The Morgan fingerprint density at radius 1 is 1.39 bits per heavy atom. The van der Waals surface area contributed by atoms with Crippen LogP contribution in [-0.2, 0) is 19.4 Å². The minimum atomic E-state index is -3.20. The van der Waals surface area contributed by atoms with Crippen LogP contribution in [-0.4, -0.2) is 60.9 Å². The zero-order valence-corrected chi connectivity index (χ0v) is 11.8. The average molecular weight is 280 g/mol. The van der Waals surface area contributed by atoms with E-state index >= 15 is 0 Å². The molecule has 0 aliphatic rings. The SMILES string of the molecule is CN(C(=O)C(N)CCS(C)(=O)=O)C(C)(C)C(=O)O. The van der Waals surface area contributed by atoms with Gasteiger partial charge in [0.1, 0.15) is 15.4 Å². The molecular formula is C10H20N2O5S. The van der Waals surface area contributed by atoms with E-state index in [9.17, 15) is 18.0 Å². The number of amides is 1. The largest absolute Gasteiger partial charge is 0.480 e. The van der Waals surface area contributed by atoms with Gasteiger partial charge < -0.3 is 15.7 Å². The first-order chi connectivity index (χ1) is 7.89.